The van der Waals surface area contributed by atoms with Gasteiger partial charge in [0.25, 0.3) is 0 Å². The van der Waals surface area contributed by atoms with Crippen LogP contribution in [0.2, 0.25) is 0 Å². The van der Waals surface area contributed by atoms with Gasteiger partial charge in [-0.3, -0.25) is 0 Å². The third-order valence-corrected chi connectivity index (χ3v) is 4.51. The Morgan fingerprint density at radius 2 is 1.66 bits per heavy atom. The highest BCUT2D eigenvalue weighted by atomic mass is 16.5. The van der Waals surface area contributed by atoms with Gasteiger partial charge in [0.2, 0.25) is 11.8 Å². The van der Waals surface area contributed by atoms with Crippen LogP contribution in [-0.2, 0) is 5.41 Å². The summed E-state index contributed by atoms with van der Waals surface area (Å²) in [7, 11) is 0. The van der Waals surface area contributed by atoms with Crippen LogP contribution in [0.1, 0.15) is 26.3 Å². The molecule has 146 valence electrons. The first-order chi connectivity index (χ1) is 14.0. The minimum atomic E-state index is -0.0471. The molecule has 0 radical (unpaired) electrons. The van der Waals surface area contributed by atoms with Gasteiger partial charge in [-0.05, 0) is 23.6 Å². The van der Waals surface area contributed by atoms with Crippen LogP contribution in [-0.4, -0.2) is 10.1 Å². The molecule has 0 bridgehead atoms. The minimum absolute atomic E-state index is 0.0471. The molecule has 0 spiro atoms. The molecule has 0 aliphatic heterocycles. The summed E-state index contributed by atoms with van der Waals surface area (Å²) in [6.45, 7) is 6.48. The first-order valence-electron chi connectivity index (χ1n) is 9.52. The van der Waals surface area contributed by atoms with E-state index in [4.69, 9.17) is 9.26 Å². The number of nitrogens with one attached hydrogen (secondary N) is 1. The summed E-state index contributed by atoms with van der Waals surface area (Å²) in [5.41, 5.74) is 3.52. The van der Waals surface area contributed by atoms with Crippen molar-refractivity contribution in [2.24, 2.45) is 0 Å². The van der Waals surface area contributed by atoms with E-state index >= 15 is 0 Å². The molecule has 0 aliphatic rings. The van der Waals surface area contributed by atoms with Gasteiger partial charge in [-0.2, -0.15) is 0 Å². The molecule has 0 amide bonds. The van der Waals surface area contributed by atoms with Crippen LogP contribution in [0.15, 0.2) is 83.5 Å². The molecule has 2 aromatic carbocycles. The van der Waals surface area contributed by atoms with Gasteiger partial charge in [0.15, 0.2) is 0 Å². The number of anilines is 2. The van der Waals surface area contributed by atoms with E-state index in [-0.39, 0.29) is 5.41 Å². The van der Waals surface area contributed by atoms with E-state index in [0.29, 0.717) is 17.5 Å². The molecule has 5 nitrogen and oxygen atoms in total. The van der Waals surface area contributed by atoms with Crippen LogP contribution < -0.4 is 10.1 Å². The quantitative estimate of drug-likeness (QED) is 0.421. The Labute approximate surface area is 170 Å². The number of aromatic nitrogens is 2. The van der Waals surface area contributed by atoms with Gasteiger partial charge < -0.3 is 14.6 Å². The minimum Gasteiger partial charge on any atom is -0.437 e. The number of para-hydroxylation sites is 1. The van der Waals surface area contributed by atoms with Crippen molar-refractivity contribution in [3.05, 3.63) is 84.6 Å². The third kappa shape index (κ3) is 4.29. The van der Waals surface area contributed by atoms with Crippen LogP contribution in [0.3, 0.4) is 0 Å². The first-order valence-corrected chi connectivity index (χ1v) is 9.52. The molecule has 29 heavy (non-hydrogen) atoms. The summed E-state index contributed by atoms with van der Waals surface area (Å²) in [6.07, 6.45) is 1.70. The average Bonchev–Trinajstić information content (AvgIpc) is 3.18. The fourth-order valence-electron chi connectivity index (χ4n) is 3.06. The van der Waals surface area contributed by atoms with Crippen LogP contribution >= 0.6 is 0 Å². The Bertz CT molecular complexity index is 1100. The largest absolute Gasteiger partial charge is 0.437 e. The van der Waals surface area contributed by atoms with Gasteiger partial charge in [-0.25, -0.2) is 4.98 Å². The predicted molar refractivity (Wildman–Crippen MR) is 115 cm³/mol. The van der Waals surface area contributed by atoms with Crippen molar-refractivity contribution in [3.63, 3.8) is 0 Å². The Morgan fingerprint density at radius 3 is 2.45 bits per heavy atom. The summed E-state index contributed by atoms with van der Waals surface area (Å²) in [6, 6.07) is 23.5. The topological polar surface area (TPSA) is 60.2 Å². The molecule has 2 heterocycles. The Hall–Kier alpha value is -3.60. The fraction of sp³-hybridized carbons (Fsp3) is 0.167. The van der Waals surface area contributed by atoms with Crippen LogP contribution in [0, 0.1) is 0 Å². The molecule has 0 unspecified atom stereocenters. The van der Waals surface area contributed by atoms with Crippen molar-refractivity contribution < 1.29 is 9.26 Å². The second-order valence-corrected chi connectivity index (χ2v) is 7.77. The zero-order valence-electron chi connectivity index (χ0n) is 16.7. The van der Waals surface area contributed by atoms with Crippen molar-refractivity contribution in [1.82, 2.24) is 10.1 Å². The first kappa shape index (κ1) is 18.7. The number of pyridine rings is 1. The lowest BCUT2D eigenvalue weighted by Crippen LogP contribution is -2.12. The molecule has 0 fully saturated rings. The van der Waals surface area contributed by atoms with Crippen molar-refractivity contribution in [1.29, 1.82) is 0 Å². The van der Waals surface area contributed by atoms with Crippen molar-refractivity contribution in [2.75, 3.05) is 5.32 Å². The van der Waals surface area contributed by atoms with E-state index in [1.54, 1.807) is 6.20 Å². The maximum absolute atomic E-state index is 6.20. The number of hydrogen-bond donors (Lipinski definition) is 1. The lowest BCUT2D eigenvalue weighted by atomic mass is 9.86. The summed E-state index contributed by atoms with van der Waals surface area (Å²) in [5.74, 6) is 1.77. The Kier molecular flexibility index (Phi) is 5.04. The summed E-state index contributed by atoms with van der Waals surface area (Å²) in [4.78, 5) is 4.41. The second kappa shape index (κ2) is 7.80. The number of hydrogen-bond acceptors (Lipinski definition) is 5. The molecule has 5 heteroatoms. The highest BCUT2D eigenvalue weighted by Gasteiger charge is 2.20. The Balaban J connectivity index is 1.60. The van der Waals surface area contributed by atoms with Crippen LogP contribution in [0.4, 0.5) is 11.6 Å². The molecule has 1 N–H and O–H groups in total. The van der Waals surface area contributed by atoms with Crippen molar-refractivity contribution in [2.45, 2.75) is 26.2 Å². The van der Waals surface area contributed by atoms with Gasteiger partial charge in [0.1, 0.15) is 17.1 Å². The third-order valence-electron chi connectivity index (χ3n) is 4.51. The second-order valence-electron chi connectivity index (χ2n) is 7.77. The molecule has 0 aliphatic carbocycles. The lowest BCUT2D eigenvalue weighted by molar-refractivity contribution is 0.432. The summed E-state index contributed by atoms with van der Waals surface area (Å²) in [5, 5.41) is 7.37. The van der Waals surface area contributed by atoms with Crippen molar-refractivity contribution in [3.8, 4) is 22.9 Å². The molecule has 0 atom stereocenters. The normalized spacial score (nSPS) is 11.3. The van der Waals surface area contributed by atoms with E-state index < -0.39 is 0 Å². The highest BCUT2D eigenvalue weighted by molar-refractivity contribution is 5.66. The molecule has 0 saturated heterocycles. The van der Waals surface area contributed by atoms with Gasteiger partial charge in [0.05, 0.1) is 0 Å². The van der Waals surface area contributed by atoms with Gasteiger partial charge in [-0.1, -0.05) is 74.5 Å². The molecule has 0 saturated carbocycles. The van der Waals surface area contributed by atoms with Crippen LogP contribution in [0.5, 0.6) is 11.6 Å². The van der Waals surface area contributed by atoms with Gasteiger partial charge >= 0.3 is 0 Å². The smallest absolute Gasteiger partial charge is 0.243 e. The van der Waals surface area contributed by atoms with E-state index in [1.807, 2.05) is 66.7 Å². The van der Waals surface area contributed by atoms with E-state index in [9.17, 15) is 0 Å². The van der Waals surface area contributed by atoms with Crippen molar-refractivity contribution >= 4 is 11.6 Å². The number of ether oxygens (including phenoxy) is 1. The van der Waals surface area contributed by atoms with E-state index in [2.05, 4.69) is 42.3 Å². The summed E-state index contributed by atoms with van der Waals surface area (Å²) < 4.78 is 11.7. The molecule has 4 rings (SSSR count). The number of rotatable bonds is 5. The predicted octanol–water partition coefficient (Wildman–Crippen LogP) is 6.57. The molecule has 4 aromatic rings. The molecule has 2 aromatic heterocycles. The highest BCUT2D eigenvalue weighted by Crippen LogP contribution is 2.36. The molecular formula is C24H23N3O2. The zero-order chi connectivity index (χ0) is 20.3. The lowest BCUT2D eigenvalue weighted by Gasteiger charge is -2.22. The number of benzene rings is 2. The monoisotopic (exact) mass is 385 g/mol. The van der Waals surface area contributed by atoms with E-state index in [0.717, 1.165) is 22.6 Å². The van der Waals surface area contributed by atoms with E-state index in [1.165, 1.54) is 0 Å². The standard InChI is InChI=1S/C24H23N3O2/c1-24(2,3)18-12-7-8-14-21(18)28-23-19(13-9-15-25-23)26-22-16-20(27-29-22)17-10-5-4-6-11-17/h4-16,26H,1-3H3. The summed E-state index contributed by atoms with van der Waals surface area (Å²) >= 11 is 0. The van der Waals surface area contributed by atoms with Crippen LogP contribution in [0.25, 0.3) is 11.3 Å². The maximum Gasteiger partial charge on any atom is 0.243 e. The fourth-order valence-corrected chi connectivity index (χ4v) is 3.06. The maximum atomic E-state index is 6.20. The average molecular weight is 385 g/mol. The number of nitrogens with zero attached hydrogens (tertiary/aromatic N) is 2. The Morgan fingerprint density at radius 1 is 0.897 bits per heavy atom. The SMILES string of the molecule is CC(C)(C)c1ccccc1Oc1ncccc1Nc1cc(-c2ccccc2)no1. The van der Waals surface area contributed by atoms with Gasteiger partial charge in [-0.15, -0.1) is 0 Å². The molecular weight excluding hydrogens is 362 g/mol. The zero-order valence-corrected chi connectivity index (χ0v) is 16.7. The van der Waals surface area contributed by atoms with Gasteiger partial charge in [0, 0.05) is 23.4 Å².